The van der Waals surface area contributed by atoms with Gasteiger partial charge in [0.05, 0.1) is 22.4 Å². The Morgan fingerprint density at radius 1 is 0.317 bits per heavy atom. The molecule has 0 atom stereocenters. The number of nitrogens with zero attached hydrogens (tertiary/aromatic N) is 3. The van der Waals surface area contributed by atoms with Gasteiger partial charge in [-0.1, -0.05) is 127 Å². The van der Waals surface area contributed by atoms with Crippen LogP contribution in [0.3, 0.4) is 0 Å². The van der Waals surface area contributed by atoms with Gasteiger partial charge in [-0.05, 0) is 119 Å². The lowest BCUT2D eigenvalue weighted by Crippen LogP contribution is -2.14. The van der Waals surface area contributed by atoms with Crippen molar-refractivity contribution in [2.45, 2.75) is 0 Å². The monoisotopic (exact) mass is 767 g/mol. The van der Waals surface area contributed by atoms with E-state index in [0.29, 0.717) is 0 Å². The number of furan rings is 1. The molecule has 0 spiro atoms. The van der Waals surface area contributed by atoms with Gasteiger partial charge in [0.2, 0.25) is 0 Å². The molecular formula is C56H37N3O. The van der Waals surface area contributed by atoms with Crippen molar-refractivity contribution in [3.8, 4) is 5.69 Å². The Morgan fingerprint density at radius 2 is 0.883 bits per heavy atom. The molecule has 0 bridgehead atoms. The molecule has 0 radical (unpaired) electrons. The van der Waals surface area contributed by atoms with E-state index in [0.717, 1.165) is 72.8 Å². The first-order valence-electron chi connectivity index (χ1n) is 20.4. The minimum absolute atomic E-state index is 0.865. The second-order valence-electron chi connectivity index (χ2n) is 15.4. The van der Waals surface area contributed by atoms with Crippen LogP contribution in [0, 0.1) is 0 Å². The predicted molar refractivity (Wildman–Crippen MR) is 252 cm³/mol. The molecule has 0 saturated carbocycles. The maximum Gasteiger partial charge on any atom is 0.136 e. The van der Waals surface area contributed by atoms with Gasteiger partial charge in [0, 0.05) is 50.0 Å². The van der Waals surface area contributed by atoms with Crippen LogP contribution in [0.1, 0.15) is 0 Å². The molecule has 0 aliphatic heterocycles. The van der Waals surface area contributed by atoms with Crippen molar-refractivity contribution in [2.75, 3.05) is 9.80 Å². The molecule has 0 amide bonds. The van der Waals surface area contributed by atoms with Gasteiger partial charge < -0.3 is 18.8 Å². The van der Waals surface area contributed by atoms with Gasteiger partial charge in [-0.15, -0.1) is 0 Å². The number of hydrogen-bond donors (Lipinski definition) is 0. The number of fused-ring (bicyclic) bond motifs is 8. The minimum atomic E-state index is 0.865. The Hall–Kier alpha value is -8.08. The Bertz CT molecular complexity index is 3510. The summed E-state index contributed by atoms with van der Waals surface area (Å²) in [6.45, 7) is 0. The third-order valence-corrected chi connectivity index (χ3v) is 11.8. The van der Waals surface area contributed by atoms with Crippen molar-refractivity contribution in [2.24, 2.45) is 0 Å². The number of anilines is 6. The van der Waals surface area contributed by atoms with Crippen LogP contribution in [0.2, 0.25) is 0 Å². The quantitative estimate of drug-likeness (QED) is 0.161. The third-order valence-electron chi connectivity index (χ3n) is 11.8. The summed E-state index contributed by atoms with van der Waals surface area (Å²) in [6, 6.07) is 80.6. The zero-order valence-corrected chi connectivity index (χ0v) is 32.6. The molecule has 0 aliphatic carbocycles. The van der Waals surface area contributed by atoms with E-state index in [2.05, 4.69) is 239 Å². The highest BCUT2D eigenvalue weighted by Gasteiger charge is 2.25. The summed E-state index contributed by atoms with van der Waals surface area (Å²) in [7, 11) is 0. The molecule has 12 rings (SSSR count). The second-order valence-corrected chi connectivity index (χ2v) is 15.4. The smallest absolute Gasteiger partial charge is 0.136 e. The Balaban J connectivity index is 1.19. The molecule has 10 aromatic carbocycles. The van der Waals surface area contributed by atoms with Crippen LogP contribution in [0.15, 0.2) is 229 Å². The maximum atomic E-state index is 6.51. The van der Waals surface area contributed by atoms with Crippen molar-refractivity contribution < 1.29 is 4.42 Å². The van der Waals surface area contributed by atoms with Gasteiger partial charge in [0.25, 0.3) is 0 Å². The first-order valence-corrected chi connectivity index (χ1v) is 20.4. The highest BCUT2D eigenvalue weighted by atomic mass is 16.3. The summed E-state index contributed by atoms with van der Waals surface area (Å²) in [4.78, 5) is 4.79. The van der Waals surface area contributed by atoms with E-state index < -0.39 is 0 Å². The highest BCUT2D eigenvalue weighted by Crippen LogP contribution is 2.48. The van der Waals surface area contributed by atoms with Gasteiger partial charge in [-0.25, -0.2) is 0 Å². The van der Waals surface area contributed by atoms with E-state index in [1.165, 1.54) is 32.3 Å². The van der Waals surface area contributed by atoms with Crippen LogP contribution >= 0.6 is 0 Å². The lowest BCUT2D eigenvalue weighted by Gasteiger charge is -2.30. The zero-order valence-electron chi connectivity index (χ0n) is 32.6. The maximum absolute atomic E-state index is 6.51. The lowest BCUT2D eigenvalue weighted by molar-refractivity contribution is 0.669. The minimum Gasteiger partial charge on any atom is -0.456 e. The molecule has 2 aromatic heterocycles. The van der Waals surface area contributed by atoms with E-state index in [1.54, 1.807) is 0 Å². The van der Waals surface area contributed by atoms with Crippen molar-refractivity contribution >= 4 is 99.4 Å². The van der Waals surface area contributed by atoms with E-state index in [4.69, 9.17) is 4.42 Å². The van der Waals surface area contributed by atoms with Crippen LogP contribution in [-0.4, -0.2) is 4.57 Å². The van der Waals surface area contributed by atoms with Crippen LogP contribution in [0.4, 0.5) is 34.1 Å². The lowest BCUT2D eigenvalue weighted by atomic mass is 10.0. The number of benzene rings is 10. The summed E-state index contributed by atoms with van der Waals surface area (Å²) in [5.41, 5.74) is 11.5. The fraction of sp³-hybridized carbons (Fsp3) is 0. The average Bonchev–Trinajstić information content (AvgIpc) is 3.84. The van der Waals surface area contributed by atoms with Crippen molar-refractivity contribution in [1.82, 2.24) is 4.57 Å². The van der Waals surface area contributed by atoms with Crippen LogP contribution in [-0.2, 0) is 0 Å². The van der Waals surface area contributed by atoms with E-state index in [9.17, 15) is 0 Å². The average molecular weight is 768 g/mol. The molecule has 0 N–H and O–H groups in total. The molecule has 0 unspecified atom stereocenters. The molecule has 0 aliphatic rings. The molecule has 282 valence electrons. The summed E-state index contributed by atoms with van der Waals surface area (Å²) in [5, 5.41) is 9.31. The summed E-state index contributed by atoms with van der Waals surface area (Å²) in [5.74, 6) is 0. The predicted octanol–water partition coefficient (Wildman–Crippen LogP) is 15.9. The normalized spacial score (nSPS) is 11.7. The summed E-state index contributed by atoms with van der Waals surface area (Å²) in [6.07, 6.45) is 0. The molecule has 0 fully saturated rings. The van der Waals surface area contributed by atoms with E-state index in [-0.39, 0.29) is 0 Å². The third kappa shape index (κ3) is 5.53. The Kier molecular flexibility index (Phi) is 7.82. The molecule has 4 nitrogen and oxygen atoms in total. The first-order chi connectivity index (χ1) is 29.7. The van der Waals surface area contributed by atoms with Gasteiger partial charge in [0.1, 0.15) is 11.2 Å². The summed E-state index contributed by atoms with van der Waals surface area (Å²) < 4.78 is 8.96. The van der Waals surface area contributed by atoms with Crippen molar-refractivity contribution in [3.63, 3.8) is 0 Å². The molecule has 2 heterocycles. The fourth-order valence-electron chi connectivity index (χ4n) is 9.15. The number of rotatable bonds is 7. The molecule has 12 aromatic rings. The van der Waals surface area contributed by atoms with Gasteiger partial charge in [-0.3, -0.25) is 0 Å². The van der Waals surface area contributed by atoms with Crippen LogP contribution in [0.5, 0.6) is 0 Å². The van der Waals surface area contributed by atoms with E-state index >= 15 is 0 Å². The van der Waals surface area contributed by atoms with Gasteiger partial charge >= 0.3 is 0 Å². The number of para-hydroxylation sites is 4. The van der Waals surface area contributed by atoms with E-state index in [1.807, 2.05) is 0 Å². The van der Waals surface area contributed by atoms with Crippen molar-refractivity contribution in [1.29, 1.82) is 0 Å². The van der Waals surface area contributed by atoms with Crippen LogP contribution in [0.25, 0.3) is 71.0 Å². The van der Waals surface area contributed by atoms with Gasteiger partial charge in [-0.2, -0.15) is 0 Å². The molecule has 60 heavy (non-hydrogen) atoms. The summed E-state index contributed by atoms with van der Waals surface area (Å²) >= 11 is 0. The topological polar surface area (TPSA) is 24.6 Å². The van der Waals surface area contributed by atoms with Crippen LogP contribution < -0.4 is 9.80 Å². The SMILES string of the molecule is c1ccc(N(c2ccc3oc4cc5ccccc5cc4c3c2)c2cc(N(c3ccccc3)c3ccccc3)c3c4ccccc4n(-c4ccc5ccccc5c4)c3c2)cc1. The first kappa shape index (κ1) is 34.0. The largest absolute Gasteiger partial charge is 0.456 e. The number of hydrogen-bond acceptors (Lipinski definition) is 3. The van der Waals surface area contributed by atoms with Crippen molar-refractivity contribution in [3.05, 3.63) is 224 Å². The zero-order chi connectivity index (χ0) is 39.6. The Morgan fingerprint density at radius 3 is 1.58 bits per heavy atom. The fourth-order valence-corrected chi connectivity index (χ4v) is 9.15. The molecule has 0 saturated heterocycles. The molecular weight excluding hydrogens is 731 g/mol. The number of aromatic nitrogens is 1. The highest BCUT2D eigenvalue weighted by molar-refractivity contribution is 6.18. The standard InChI is InChI=1S/C56H37N3O/c1-4-20-42(21-5-1)57(46-30-31-54-50(35-46)49-33-40-18-12-13-19-41(40)34-55(49)60-54)47-36-52(58(43-22-6-2-7-23-43)44-24-8-3-9-25-44)56-48-26-14-15-27-51(48)59(53(56)37-47)45-29-28-38-16-10-11-17-39(38)32-45/h1-37H. The van der Waals surface area contributed by atoms with Gasteiger partial charge in [0.15, 0.2) is 0 Å². The second kappa shape index (κ2) is 13.8. The molecule has 4 heteroatoms. The Labute approximate surface area is 347 Å².